The van der Waals surface area contributed by atoms with Crippen molar-refractivity contribution in [3.63, 3.8) is 0 Å². The van der Waals surface area contributed by atoms with Crippen LogP contribution in [0.25, 0.3) is 0 Å². The first-order valence-electron chi connectivity index (χ1n) is 15.6. The van der Waals surface area contributed by atoms with Crippen molar-refractivity contribution in [2.45, 2.75) is 163 Å². The van der Waals surface area contributed by atoms with Gasteiger partial charge in [-0.3, -0.25) is 9.59 Å². The van der Waals surface area contributed by atoms with Crippen molar-refractivity contribution in [2.75, 3.05) is 13.2 Å². The van der Waals surface area contributed by atoms with Crippen LogP contribution in [-0.4, -0.2) is 25.2 Å². The normalized spacial score (nSPS) is 12.3. The minimum Gasteiger partial charge on any atom is -0.466 e. The smallest absolute Gasteiger partial charge is 0.305 e. The van der Waals surface area contributed by atoms with Crippen LogP contribution < -0.4 is 0 Å². The molecule has 0 rings (SSSR count). The predicted octanol–water partition coefficient (Wildman–Crippen LogP) is 9.82. The van der Waals surface area contributed by atoms with Gasteiger partial charge in [-0.25, -0.2) is 0 Å². The van der Waals surface area contributed by atoms with Gasteiger partial charge in [-0.2, -0.15) is 0 Å². The first kappa shape index (κ1) is 34.9. The van der Waals surface area contributed by atoms with E-state index >= 15 is 0 Å². The van der Waals surface area contributed by atoms with E-state index in [4.69, 9.17) is 9.47 Å². The standard InChI is InChI=1S/C32H62O4/c1-28(2)20-14-12-18-26-35-31(33)23-17-11-9-7-6-8-10-16-22-30(5)24-25-32(34)36-27-19-13-15-21-29(3)4/h28-30H,6-27H2,1-5H3. The summed E-state index contributed by atoms with van der Waals surface area (Å²) in [5.41, 5.74) is 0. The van der Waals surface area contributed by atoms with E-state index in [1.54, 1.807) is 0 Å². The van der Waals surface area contributed by atoms with Crippen molar-refractivity contribution in [1.82, 2.24) is 0 Å². The molecule has 0 fully saturated rings. The van der Waals surface area contributed by atoms with Gasteiger partial charge < -0.3 is 9.47 Å². The molecular weight excluding hydrogens is 448 g/mol. The second kappa shape index (κ2) is 25.6. The highest BCUT2D eigenvalue weighted by atomic mass is 16.5. The van der Waals surface area contributed by atoms with E-state index in [1.165, 1.54) is 70.6 Å². The third-order valence-electron chi connectivity index (χ3n) is 7.05. The summed E-state index contributed by atoms with van der Waals surface area (Å²) in [6, 6.07) is 0. The van der Waals surface area contributed by atoms with Crippen molar-refractivity contribution in [1.29, 1.82) is 0 Å². The quantitative estimate of drug-likeness (QED) is 0.0858. The summed E-state index contributed by atoms with van der Waals surface area (Å²) >= 11 is 0. The predicted molar refractivity (Wildman–Crippen MR) is 153 cm³/mol. The van der Waals surface area contributed by atoms with Crippen LogP contribution in [0.15, 0.2) is 0 Å². The van der Waals surface area contributed by atoms with Gasteiger partial charge in [-0.15, -0.1) is 0 Å². The minimum atomic E-state index is -0.0175. The van der Waals surface area contributed by atoms with Crippen LogP contribution in [0.2, 0.25) is 0 Å². The molecule has 0 spiro atoms. The summed E-state index contributed by atoms with van der Waals surface area (Å²) in [6.07, 6.45) is 22.4. The fraction of sp³-hybridized carbons (Fsp3) is 0.938. The van der Waals surface area contributed by atoms with Crippen molar-refractivity contribution in [3.8, 4) is 0 Å². The number of esters is 2. The number of hydrogen-bond donors (Lipinski definition) is 0. The van der Waals surface area contributed by atoms with Crippen molar-refractivity contribution < 1.29 is 19.1 Å². The number of carbonyl (C=O) groups is 2. The summed E-state index contributed by atoms with van der Waals surface area (Å²) in [5.74, 6) is 2.10. The molecule has 0 N–H and O–H groups in total. The number of carbonyl (C=O) groups excluding carboxylic acids is 2. The van der Waals surface area contributed by atoms with Gasteiger partial charge in [0.05, 0.1) is 13.2 Å². The van der Waals surface area contributed by atoms with Crippen LogP contribution in [0.3, 0.4) is 0 Å². The van der Waals surface area contributed by atoms with Crippen LogP contribution in [-0.2, 0) is 19.1 Å². The maximum absolute atomic E-state index is 11.9. The van der Waals surface area contributed by atoms with Gasteiger partial charge in [0.1, 0.15) is 0 Å². The first-order valence-corrected chi connectivity index (χ1v) is 15.6. The fourth-order valence-electron chi connectivity index (χ4n) is 4.51. The van der Waals surface area contributed by atoms with Gasteiger partial charge in [0.25, 0.3) is 0 Å². The van der Waals surface area contributed by atoms with E-state index in [9.17, 15) is 9.59 Å². The van der Waals surface area contributed by atoms with Crippen LogP contribution in [0.4, 0.5) is 0 Å². The molecule has 0 aromatic carbocycles. The Kier molecular flexibility index (Phi) is 24.8. The molecule has 0 amide bonds. The first-order chi connectivity index (χ1) is 17.3. The molecule has 0 aromatic heterocycles. The Labute approximate surface area is 225 Å². The van der Waals surface area contributed by atoms with Crippen molar-refractivity contribution >= 4 is 11.9 Å². The maximum Gasteiger partial charge on any atom is 0.305 e. The van der Waals surface area contributed by atoms with Gasteiger partial charge in [0.2, 0.25) is 0 Å². The minimum absolute atomic E-state index is 0.0154. The number of rotatable bonds is 26. The van der Waals surface area contributed by atoms with Gasteiger partial charge in [-0.1, -0.05) is 125 Å². The Morgan fingerprint density at radius 1 is 0.444 bits per heavy atom. The second-order valence-electron chi connectivity index (χ2n) is 11.9. The van der Waals surface area contributed by atoms with Crippen LogP contribution >= 0.6 is 0 Å². The van der Waals surface area contributed by atoms with E-state index in [1.807, 2.05) is 0 Å². The molecule has 0 aliphatic heterocycles. The van der Waals surface area contributed by atoms with Crippen LogP contribution in [0, 0.1) is 17.8 Å². The zero-order valence-corrected chi connectivity index (χ0v) is 24.9. The molecule has 214 valence electrons. The monoisotopic (exact) mass is 510 g/mol. The Hall–Kier alpha value is -1.06. The Morgan fingerprint density at radius 3 is 1.33 bits per heavy atom. The van der Waals surface area contributed by atoms with Crippen molar-refractivity contribution in [3.05, 3.63) is 0 Å². The summed E-state index contributed by atoms with van der Waals surface area (Å²) < 4.78 is 10.7. The Bertz CT molecular complexity index is 500. The highest BCUT2D eigenvalue weighted by Crippen LogP contribution is 2.17. The fourth-order valence-corrected chi connectivity index (χ4v) is 4.51. The molecule has 0 aliphatic rings. The molecule has 0 radical (unpaired) electrons. The lowest BCUT2D eigenvalue weighted by molar-refractivity contribution is -0.144. The lowest BCUT2D eigenvalue weighted by Gasteiger charge is -2.11. The highest BCUT2D eigenvalue weighted by Gasteiger charge is 2.08. The summed E-state index contributed by atoms with van der Waals surface area (Å²) in [5, 5.41) is 0. The van der Waals surface area contributed by atoms with Crippen molar-refractivity contribution in [2.24, 2.45) is 17.8 Å². The molecule has 36 heavy (non-hydrogen) atoms. The molecule has 0 aromatic rings. The second-order valence-corrected chi connectivity index (χ2v) is 11.9. The molecule has 1 unspecified atom stereocenters. The number of hydrogen-bond acceptors (Lipinski definition) is 4. The Balaban J connectivity index is 3.36. The third kappa shape index (κ3) is 27.5. The van der Waals surface area contributed by atoms with Gasteiger partial charge in [-0.05, 0) is 43.4 Å². The zero-order chi connectivity index (χ0) is 26.9. The molecular formula is C32H62O4. The lowest BCUT2D eigenvalue weighted by Crippen LogP contribution is -2.08. The summed E-state index contributed by atoms with van der Waals surface area (Å²) in [4.78, 5) is 23.7. The van der Waals surface area contributed by atoms with Gasteiger partial charge in [0.15, 0.2) is 0 Å². The average molecular weight is 511 g/mol. The maximum atomic E-state index is 11.9. The van der Waals surface area contributed by atoms with Crippen LogP contribution in [0.5, 0.6) is 0 Å². The van der Waals surface area contributed by atoms with Gasteiger partial charge >= 0.3 is 11.9 Å². The van der Waals surface area contributed by atoms with Crippen LogP contribution in [0.1, 0.15) is 163 Å². The molecule has 4 nitrogen and oxygen atoms in total. The highest BCUT2D eigenvalue weighted by molar-refractivity contribution is 5.69. The topological polar surface area (TPSA) is 52.6 Å². The largest absolute Gasteiger partial charge is 0.466 e. The zero-order valence-electron chi connectivity index (χ0n) is 24.9. The SMILES string of the molecule is CC(C)CCCCCOC(=O)CCCCCCCCCCC(C)CCC(=O)OCCCCCC(C)C. The van der Waals surface area contributed by atoms with E-state index in [0.717, 1.165) is 56.8 Å². The molecule has 1 atom stereocenters. The summed E-state index contributed by atoms with van der Waals surface area (Å²) in [6.45, 7) is 12.5. The lowest BCUT2D eigenvalue weighted by atomic mass is 9.97. The molecule has 0 aliphatic carbocycles. The molecule has 0 saturated carbocycles. The molecule has 0 heterocycles. The van der Waals surface area contributed by atoms with E-state index < -0.39 is 0 Å². The summed E-state index contributed by atoms with van der Waals surface area (Å²) in [7, 11) is 0. The average Bonchev–Trinajstić information content (AvgIpc) is 2.82. The third-order valence-corrected chi connectivity index (χ3v) is 7.05. The molecule has 0 saturated heterocycles. The molecule has 4 heteroatoms. The Morgan fingerprint density at radius 2 is 0.833 bits per heavy atom. The van der Waals surface area contributed by atoms with E-state index in [-0.39, 0.29) is 11.9 Å². The number of unbranched alkanes of at least 4 members (excludes halogenated alkanes) is 11. The molecule has 0 bridgehead atoms. The van der Waals surface area contributed by atoms with E-state index in [0.29, 0.717) is 32.0 Å². The number of ether oxygens (including phenoxy) is 2. The van der Waals surface area contributed by atoms with E-state index in [2.05, 4.69) is 34.6 Å². The van der Waals surface area contributed by atoms with Gasteiger partial charge in [0, 0.05) is 12.8 Å².